The van der Waals surface area contributed by atoms with Gasteiger partial charge in [-0.05, 0) is 18.8 Å². The zero-order chi connectivity index (χ0) is 14.7. The number of carbonyl (C=O) groups is 2. The second-order valence-electron chi connectivity index (χ2n) is 5.35. The van der Waals surface area contributed by atoms with Crippen LogP contribution in [0.4, 0.5) is 0 Å². The molecule has 0 spiro atoms. The van der Waals surface area contributed by atoms with Gasteiger partial charge in [0.15, 0.2) is 0 Å². The number of hydrogen-bond donors (Lipinski definition) is 2. The molecule has 0 heterocycles. The Morgan fingerprint density at radius 2 is 2.00 bits per heavy atom. The Labute approximate surface area is 113 Å². The van der Waals surface area contributed by atoms with Gasteiger partial charge in [-0.2, -0.15) is 0 Å². The van der Waals surface area contributed by atoms with Crippen LogP contribution >= 0.6 is 0 Å². The number of aliphatic carboxylic acids is 1. The minimum atomic E-state index is -3.22. The molecule has 0 radical (unpaired) electrons. The molecule has 1 fully saturated rings. The van der Waals surface area contributed by atoms with Crippen molar-refractivity contribution in [2.75, 3.05) is 12.0 Å². The SMILES string of the molecule is CC1CCCCC1(NC(=O)CCS(C)(=O)=O)C(=O)O. The third-order valence-electron chi connectivity index (χ3n) is 3.74. The van der Waals surface area contributed by atoms with E-state index in [1.807, 2.05) is 6.92 Å². The van der Waals surface area contributed by atoms with Crippen LogP contribution in [0, 0.1) is 5.92 Å². The first kappa shape index (κ1) is 15.9. The predicted octanol–water partition coefficient (Wildman–Crippen LogP) is 0.571. The molecule has 110 valence electrons. The normalized spacial score (nSPS) is 27.8. The van der Waals surface area contributed by atoms with Crippen LogP contribution < -0.4 is 5.32 Å². The first-order valence-corrected chi connectivity index (χ1v) is 8.45. The van der Waals surface area contributed by atoms with Crippen LogP contribution in [0.15, 0.2) is 0 Å². The molecule has 0 aromatic rings. The van der Waals surface area contributed by atoms with Crippen molar-refractivity contribution in [2.24, 2.45) is 5.92 Å². The number of nitrogens with one attached hydrogen (secondary N) is 1. The summed E-state index contributed by atoms with van der Waals surface area (Å²) in [4.78, 5) is 23.3. The monoisotopic (exact) mass is 291 g/mol. The van der Waals surface area contributed by atoms with Gasteiger partial charge in [-0.25, -0.2) is 13.2 Å². The summed E-state index contributed by atoms with van der Waals surface area (Å²) in [7, 11) is -3.22. The van der Waals surface area contributed by atoms with E-state index in [1.165, 1.54) is 0 Å². The average Bonchev–Trinajstić information content (AvgIpc) is 2.28. The molecular formula is C12H21NO5S. The van der Waals surface area contributed by atoms with Crippen molar-refractivity contribution < 1.29 is 23.1 Å². The maximum atomic E-state index is 11.8. The second-order valence-corrected chi connectivity index (χ2v) is 7.61. The highest BCUT2D eigenvalue weighted by atomic mass is 32.2. The van der Waals surface area contributed by atoms with Gasteiger partial charge in [-0.3, -0.25) is 4.79 Å². The molecule has 1 rings (SSSR count). The zero-order valence-electron chi connectivity index (χ0n) is 11.3. The molecule has 2 atom stereocenters. The van der Waals surface area contributed by atoms with Gasteiger partial charge in [0.25, 0.3) is 0 Å². The van der Waals surface area contributed by atoms with Crippen LogP contribution in [0.25, 0.3) is 0 Å². The zero-order valence-corrected chi connectivity index (χ0v) is 12.1. The molecule has 7 heteroatoms. The lowest BCUT2D eigenvalue weighted by molar-refractivity contribution is -0.151. The van der Waals surface area contributed by atoms with E-state index < -0.39 is 27.3 Å². The molecule has 2 unspecified atom stereocenters. The summed E-state index contributed by atoms with van der Waals surface area (Å²) in [6, 6.07) is 0. The Kier molecular flexibility index (Phi) is 4.95. The molecule has 0 bridgehead atoms. The minimum absolute atomic E-state index is 0.152. The Balaban J connectivity index is 2.74. The third-order valence-corrected chi connectivity index (χ3v) is 4.69. The van der Waals surface area contributed by atoms with Gasteiger partial charge in [0.1, 0.15) is 15.4 Å². The lowest BCUT2D eigenvalue weighted by Crippen LogP contribution is -2.60. The summed E-state index contributed by atoms with van der Waals surface area (Å²) in [6.07, 6.45) is 3.71. The first-order valence-electron chi connectivity index (χ1n) is 6.39. The van der Waals surface area contributed by atoms with Gasteiger partial charge < -0.3 is 10.4 Å². The van der Waals surface area contributed by atoms with E-state index in [4.69, 9.17) is 0 Å². The summed E-state index contributed by atoms with van der Waals surface area (Å²) < 4.78 is 22.0. The van der Waals surface area contributed by atoms with Crippen LogP contribution in [0.3, 0.4) is 0 Å². The van der Waals surface area contributed by atoms with Gasteiger partial charge in [-0.1, -0.05) is 19.8 Å². The highest BCUT2D eigenvalue weighted by molar-refractivity contribution is 7.90. The summed E-state index contributed by atoms with van der Waals surface area (Å²) in [5.74, 6) is -1.96. The molecule has 1 aliphatic carbocycles. The Morgan fingerprint density at radius 3 is 2.47 bits per heavy atom. The van der Waals surface area contributed by atoms with Gasteiger partial charge >= 0.3 is 5.97 Å². The molecule has 2 N–H and O–H groups in total. The van der Waals surface area contributed by atoms with E-state index in [0.717, 1.165) is 25.5 Å². The molecule has 0 aromatic carbocycles. The molecule has 19 heavy (non-hydrogen) atoms. The number of amides is 1. The number of carboxylic acids is 1. The van der Waals surface area contributed by atoms with Crippen LogP contribution in [0.1, 0.15) is 39.0 Å². The van der Waals surface area contributed by atoms with E-state index >= 15 is 0 Å². The van der Waals surface area contributed by atoms with E-state index in [9.17, 15) is 23.1 Å². The summed E-state index contributed by atoms with van der Waals surface area (Å²) >= 11 is 0. The topological polar surface area (TPSA) is 101 Å². The van der Waals surface area contributed by atoms with E-state index in [-0.39, 0.29) is 18.1 Å². The smallest absolute Gasteiger partial charge is 0.329 e. The maximum Gasteiger partial charge on any atom is 0.329 e. The Hall–Kier alpha value is -1.11. The van der Waals surface area contributed by atoms with Crippen molar-refractivity contribution >= 4 is 21.7 Å². The summed E-state index contributed by atoms with van der Waals surface area (Å²) in [5.41, 5.74) is -1.24. The van der Waals surface area contributed by atoms with Crippen LogP contribution in [0.5, 0.6) is 0 Å². The number of carbonyl (C=O) groups excluding carboxylic acids is 1. The molecule has 1 aliphatic rings. The van der Waals surface area contributed by atoms with Crippen molar-refractivity contribution in [1.29, 1.82) is 0 Å². The average molecular weight is 291 g/mol. The Morgan fingerprint density at radius 1 is 1.37 bits per heavy atom. The van der Waals surface area contributed by atoms with Crippen molar-refractivity contribution in [1.82, 2.24) is 5.32 Å². The van der Waals surface area contributed by atoms with Crippen molar-refractivity contribution in [3.8, 4) is 0 Å². The van der Waals surface area contributed by atoms with E-state index in [1.54, 1.807) is 0 Å². The highest BCUT2D eigenvalue weighted by Crippen LogP contribution is 2.34. The molecule has 6 nitrogen and oxygen atoms in total. The summed E-state index contributed by atoms with van der Waals surface area (Å²) in [5, 5.41) is 12.0. The lowest BCUT2D eigenvalue weighted by Gasteiger charge is -2.39. The minimum Gasteiger partial charge on any atom is -0.479 e. The van der Waals surface area contributed by atoms with Crippen molar-refractivity contribution in [3.05, 3.63) is 0 Å². The van der Waals surface area contributed by atoms with Crippen LogP contribution in [0.2, 0.25) is 0 Å². The maximum absolute atomic E-state index is 11.8. The van der Waals surface area contributed by atoms with Gasteiger partial charge in [0.2, 0.25) is 5.91 Å². The molecule has 1 saturated carbocycles. The quantitative estimate of drug-likeness (QED) is 0.771. The predicted molar refractivity (Wildman–Crippen MR) is 70.5 cm³/mol. The highest BCUT2D eigenvalue weighted by Gasteiger charge is 2.46. The van der Waals surface area contributed by atoms with Gasteiger partial charge in [0.05, 0.1) is 5.75 Å². The largest absolute Gasteiger partial charge is 0.479 e. The lowest BCUT2D eigenvalue weighted by atomic mass is 9.73. The molecule has 0 saturated heterocycles. The Bertz CT molecular complexity index is 459. The van der Waals surface area contributed by atoms with Crippen LogP contribution in [-0.2, 0) is 19.4 Å². The van der Waals surface area contributed by atoms with E-state index in [0.29, 0.717) is 6.42 Å². The third kappa shape index (κ3) is 4.19. The second kappa shape index (κ2) is 5.90. The van der Waals surface area contributed by atoms with Crippen LogP contribution in [-0.4, -0.2) is 42.9 Å². The van der Waals surface area contributed by atoms with Gasteiger partial charge in [0, 0.05) is 12.7 Å². The number of hydrogen-bond acceptors (Lipinski definition) is 4. The van der Waals surface area contributed by atoms with E-state index in [2.05, 4.69) is 5.32 Å². The molecule has 0 aliphatic heterocycles. The summed E-state index contributed by atoms with van der Waals surface area (Å²) in [6.45, 7) is 1.81. The van der Waals surface area contributed by atoms with Crippen molar-refractivity contribution in [3.63, 3.8) is 0 Å². The molecular weight excluding hydrogens is 270 g/mol. The van der Waals surface area contributed by atoms with Crippen molar-refractivity contribution in [2.45, 2.75) is 44.6 Å². The number of rotatable bonds is 5. The number of sulfone groups is 1. The standard InChI is InChI=1S/C12H21NO5S/c1-9-5-3-4-7-12(9,11(15)16)13-10(14)6-8-19(2,17)18/h9H,3-8H2,1-2H3,(H,13,14)(H,15,16). The molecule has 1 amide bonds. The number of carboxylic acid groups (broad SMARTS) is 1. The van der Waals surface area contributed by atoms with Gasteiger partial charge in [-0.15, -0.1) is 0 Å². The fourth-order valence-corrected chi connectivity index (χ4v) is 3.05. The first-order chi connectivity index (χ1) is 8.67. The molecule has 0 aromatic heterocycles. The fourth-order valence-electron chi connectivity index (χ4n) is 2.49. The fraction of sp³-hybridized carbons (Fsp3) is 0.833.